The van der Waals surface area contributed by atoms with Gasteiger partial charge in [0.15, 0.2) is 0 Å². The Kier molecular flexibility index (Phi) is 2.64. The van der Waals surface area contributed by atoms with Crippen LogP contribution < -0.4 is 5.32 Å². The average Bonchev–Trinajstić information content (AvgIpc) is 2.37. The molecule has 1 aliphatic heterocycles. The Morgan fingerprint density at radius 1 is 1.29 bits per heavy atom. The topological polar surface area (TPSA) is 35.8 Å². The molecule has 1 heterocycles. The van der Waals surface area contributed by atoms with Crippen LogP contribution in [0.25, 0.3) is 0 Å². The summed E-state index contributed by atoms with van der Waals surface area (Å²) < 4.78 is 0. The van der Waals surface area contributed by atoms with Crippen LogP contribution in [0.2, 0.25) is 0 Å². The van der Waals surface area contributed by atoms with Gasteiger partial charge in [0, 0.05) is 0 Å². The molecule has 17 heavy (non-hydrogen) atoms. The number of nitrogens with one attached hydrogen (secondary N) is 1. The highest BCUT2D eigenvalue weighted by Crippen LogP contribution is 2.45. The van der Waals surface area contributed by atoms with Gasteiger partial charge in [-0.15, -0.1) is 0 Å². The Hall–Kier alpha value is -1.33. The summed E-state index contributed by atoms with van der Waals surface area (Å²) in [6, 6.07) is 11.3. The number of hydrogen-bond acceptors (Lipinski definition) is 2. The van der Waals surface area contributed by atoms with Gasteiger partial charge in [0.1, 0.15) is 0 Å². The molecule has 2 heteroatoms. The van der Waals surface area contributed by atoms with Gasteiger partial charge in [-0.3, -0.25) is 0 Å². The minimum Gasteiger partial charge on any atom is -0.317 e. The summed E-state index contributed by atoms with van der Waals surface area (Å²) in [4.78, 5) is 0. The minimum absolute atomic E-state index is 0.0660. The van der Waals surface area contributed by atoms with Crippen molar-refractivity contribution in [2.45, 2.75) is 31.6 Å². The first-order valence-electron chi connectivity index (χ1n) is 6.53. The summed E-state index contributed by atoms with van der Waals surface area (Å²) in [5.74, 6) is 0.629. The Morgan fingerprint density at radius 2 is 2.06 bits per heavy atom. The fourth-order valence-electron chi connectivity index (χ4n) is 3.28. The van der Waals surface area contributed by atoms with Gasteiger partial charge in [-0.2, -0.15) is 5.26 Å². The maximum atomic E-state index is 9.48. The Labute approximate surface area is 103 Å². The summed E-state index contributed by atoms with van der Waals surface area (Å²) >= 11 is 0. The number of benzene rings is 1. The summed E-state index contributed by atoms with van der Waals surface area (Å²) in [5, 5.41) is 12.8. The number of nitriles is 1. The SMILES string of the molecule is N#CC1(CC2Cc3ccccc32)CCNCC1. The van der Waals surface area contributed by atoms with Crippen molar-refractivity contribution in [3.63, 3.8) is 0 Å². The quantitative estimate of drug-likeness (QED) is 0.841. The molecule has 0 amide bonds. The predicted molar refractivity (Wildman–Crippen MR) is 67.7 cm³/mol. The van der Waals surface area contributed by atoms with Gasteiger partial charge >= 0.3 is 0 Å². The smallest absolute Gasteiger partial charge is 0.0690 e. The molecule has 88 valence electrons. The largest absolute Gasteiger partial charge is 0.317 e. The molecule has 3 rings (SSSR count). The van der Waals surface area contributed by atoms with Crippen LogP contribution in [0.3, 0.4) is 0 Å². The molecule has 0 aromatic heterocycles. The first-order valence-corrected chi connectivity index (χ1v) is 6.53. The summed E-state index contributed by atoms with van der Waals surface area (Å²) in [6.07, 6.45) is 4.26. The lowest BCUT2D eigenvalue weighted by molar-refractivity contribution is 0.236. The molecule has 0 spiro atoms. The number of fused-ring (bicyclic) bond motifs is 1. The summed E-state index contributed by atoms with van der Waals surface area (Å²) in [7, 11) is 0. The second-order valence-electron chi connectivity index (χ2n) is 5.45. The Morgan fingerprint density at radius 3 is 2.76 bits per heavy atom. The molecule has 1 aliphatic carbocycles. The van der Waals surface area contributed by atoms with E-state index in [1.807, 2.05) is 0 Å². The van der Waals surface area contributed by atoms with Crippen LogP contribution in [-0.2, 0) is 6.42 Å². The van der Waals surface area contributed by atoms with Crippen molar-refractivity contribution < 1.29 is 0 Å². The molecule has 1 unspecified atom stereocenters. The summed E-state index contributed by atoms with van der Waals surface area (Å²) in [6.45, 7) is 2.00. The predicted octanol–water partition coefficient (Wildman–Crippen LogP) is 2.61. The third kappa shape index (κ3) is 1.85. The number of hydrogen-bond donors (Lipinski definition) is 1. The first kappa shape index (κ1) is 10.8. The van der Waals surface area contributed by atoms with E-state index in [1.165, 1.54) is 17.5 Å². The fourth-order valence-corrected chi connectivity index (χ4v) is 3.28. The lowest BCUT2D eigenvalue weighted by Crippen LogP contribution is -2.38. The average molecular weight is 226 g/mol. The monoisotopic (exact) mass is 226 g/mol. The molecule has 0 saturated carbocycles. The van der Waals surface area contributed by atoms with Crippen molar-refractivity contribution >= 4 is 0 Å². The Balaban J connectivity index is 1.74. The van der Waals surface area contributed by atoms with Gasteiger partial charge in [0.25, 0.3) is 0 Å². The highest BCUT2D eigenvalue weighted by atomic mass is 14.9. The van der Waals surface area contributed by atoms with Gasteiger partial charge in [-0.25, -0.2) is 0 Å². The molecule has 1 aromatic rings. The van der Waals surface area contributed by atoms with E-state index in [2.05, 4.69) is 35.7 Å². The van der Waals surface area contributed by atoms with Crippen molar-refractivity contribution in [2.75, 3.05) is 13.1 Å². The number of rotatable bonds is 2. The lowest BCUT2D eigenvalue weighted by Gasteiger charge is -2.39. The van der Waals surface area contributed by atoms with Gasteiger partial charge in [0.05, 0.1) is 11.5 Å². The van der Waals surface area contributed by atoms with Crippen LogP contribution in [0.4, 0.5) is 0 Å². The highest BCUT2D eigenvalue weighted by Gasteiger charge is 2.38. The van der Waals surface area contributed by atoms with Crippen LogP contribution in [-0.4, -0.2) is 13.1 Å². The van der Waals surface area contributed by atoms with Crippen LogP contribution >= 0.6 is 0 Å². The van der Waals surface area contributed by atoms with Crippen LogP contribution in [0, 0.1) is 16.7 Å². The molecule has 1 atom stereocenters. The zero-order valence-corrected chi connectivity index (χ0v) is 10.1. The third-order valence-corrected chi connectivity index (χ3v) is 4.40. The zero-order valence-electron chi connectivity index (χ0n) is 10.1. The van der Waals surface area contributed by atoms with Crippen LogP contribution in [0.15, 0.2) is 24.3 Å². The van der Waals surface area contributed by atoms with Crippen LogP contribution in [0.5, 0.6) is 0 Å². The van der Waals surface area contributed by atoms with Crippen molar-refractivity contribution in [3.8, 4) is 6.07 Å². The van der Waals surface area contributed by atoms with Gasteiger partial charge < -0.3 is 5.32 Å². The van der Waals surface area contributed by atoms with Crippen LogP contribution in [0.1, 0.15) is 36.3 Å². The zero-order chi connectivity index (χ0) is 11.7. The molecule has 1 fully saturated rings. The summed E-state index contributed by atoms with van der Waals surface area (Å²) in [5.41, 5.74) is 2.91. The normalized spacial score (nSPS) is 25.5. The second kappa shape index (κ2) is 4.16. The van der Waals surface area contributed by atoms with E-state index in [0.717, 1.165) is 32.4 Å². The van der Waals surface area contributed by atoms with E-state index in [9.17, 15) is 5.26 Å². The molecular formula is C15H18N2. The highest BCUT2D eigenvalue weighted by molar-refractivity contribution is 5.40. The van der Waals surface area contributed by atoms with E-state index < -0.39 is 0 Å². The maximum Gasteiger partial charge on any atom is 0.0690 e. The minimum atomic E-state index is -0.0660. The molecular weight excluding hydrogens is 208 g/mol. The molecule has 1 N–H and O–H groups in total. The number of nitrogens with zero attached hydrogens (tertiary/aromatic N) is 1. The Bertz CT molecular complexity index is 452. The molecule has 1 saturated heterocycles. The van der Waals surface area contributed by atoms with Crippen molar-refractivity contribution in [2.24, 2.45) is 5.41 Å². The van der Waals surface area contributed by atoms with E-state index >= 15 is 0 Å². The molecule has 2 aliphatic rings. The standard InChI is InChI=1S/C15H18N2/c16-11-15(5-7-17-8-6-15)10-13-9-12-3-1-2-4-14(12)13/h1-4,13,17H,5-10H2. The van der Waals surface area contributed by atoms with Gasteiger partial charge in [-0.05, 0) is 55.8 Å². The second-order valence-corrected chi connectivity index (χ2v) is 5.45. The van der Waals surface area contributed by atoms with Gasteiger partial charge in [0.2, 0.25) is 0 Å². The van der Waals surface area contributed by atoms with Crippen molar-refractivity contribution in [1.29, 1.82) is 5.26 Å². The molecule has 0 radical (unpaired) electrons. The maximum absolute atomic E-state index is 9.48. The molecule has 0 bridgehead atoms. The third-order valence-electron chi connectivity index (χ3n) is 4.40. The molecule has 1 aromatic carbocycles. The first-order chi connectivity index (χ1) is 8.33. The van der Waals surface area contributed by atoms with E-state index in [4.69, 9.17) is 0 Å². The fraction of sp³-hybridized carbons (Fsp3) is 0.533. The van der Waals surface area contributed by atoms with Crippen molar-refractivity contribution in [1.82, 2.24) is 5.32 Å². The van der Waals surface area contributed by atoms with E-state index in [-0.39, 0.29) is 5.41 Å². The molecule has 2 nitrogen and oxygen atoms in total. The number of piperidine rings is 1. The van der Waals surface area contributed by atoms with E-state index in [1.54, 1.807) is 0 Å². The van der Waals surface area contributed by atoms with E-state index in [0.29, 0.717) is 5.92 Å². The lowest BCUT2D eigenvalue weighted by atomic mass is 9.66. The van der Waals surface area contributed by atoms with Gasteiger partial charge in [-0.1, -0.05) is 24.3 Å². The van der Waals surface area contributed by atoms with Crippen molar-refractivity contribution in [3.05, 3.63) is 35.4 Å².